The largest absolute Gasteiger partial charge is 0.332 e. The first-order valence-corrected chi connectivity index (χ1v) is 9.85. The molecule has 0 aliphatic rings. The van der Waals surface area contributed by atoms with E-state index in [9.17, 15) is 14.4 Å². The van der Waals surface area contributed by atoms with Crippen LogP contribution >= 0.6 is 15.9 Å². The van der Waals surface area contributed by atoms with Crippen molar-refractivity contribution in [3.05, 3.63) is 98.0 Å². The first kappa shape index (κ1) is 19.7. The van der Waals surface area contributed by atoms with Crippen LogP contribution in [0, 0.1) is 0 Å². The van der Waals surface area contributed by atoms with Gasteiger partial charge in [0, 0.05) is 28.8 Å². The smallest absolute Gasteiger partial charge is 0.324 e. The molecule has 30 heavy (non-hydrogen) atoms. The highest BCUT2D eigenvalue weighted by molar-refractivity contribution is 9.10. The molecule has 1 amide bonds. The van der Waals surface area contributed by atoms with Gasteiger partial charge in [-0.15, -0.1) is 0 Å². The highest BCUT2D eigenvalue weighted by Crippen LogP contribution is 2.15. The maximum atomic E-state index is 13.1. The van der Waals surface area contributed by atoms with Gasteiger partial charge < -0.3 is 5.32 Å². The summed E-state index contributed by atoms with van der Waals surface area (Å²) in [6.07, 6.45) is 4.67. The second-order valence-electron chi connectivity index (χ2n) is 6.55. The molecule has 0 radical (unpaired) electrons. The fourth-order valence-corrected chi connectivity index (χ4v) is 3.52. The lowest BCUT2D eigenvalue weighted by Crippen LogP contribution is -2.42. The third kappa shape index (κ3) is 4.06. The number of aromatic nitrogens is 4. The third-order valence-corrected chi connectivity index (χ3v) is 4.95. The Bertz CT molecular complexity index is 1350. The Morgan fingerprint density at radius 2 is 1.87 bits per heavy atom. The highest BCUT2D eigenvalue weighted by Gasteiger charge is 2.16. The number of pyridine rings is 2. The summed E-state index contributed by atoms with van der Waals surface area (Å²) in [6, 6.07) is 13.8. The van der Waals surface area contributed by atoms with Gasteiger partial charge in [-0.2, -0.15) is 0 Å². The normalized spacial score (nSPS) is 10.8. The first-order chi connectivity index (χ1) is 14.5. The number of hydrogen-bond donors (Lipinski definition) is 1. The molecule has 0 bridgehead atoms. The summed E-state index contributed by atoms with van der Waals surface area (Å²) in [5.41, 5.74) is 0.609. The molecule has 0 aliphatic carbocycles. The van der Waals surface area contributed by atoms with Crippen molar-refractivity contribution in [2.45, 2.75) is 13.1 Å². The van der Waals surface area contributed by atoms with E-state index in [0.29, 0.717) is 16.8 Å². The van der Waals surface area contributed by atoms with Crippen LogP contribution in [0.25, 0.3) is 11.0 Å². The van der Waals surface area contributed by atoms with E-state index in [-0.39, 0.29) is 18.6 Å². The molecule has 3 heterocycles. The molecule has 0 atom stereocenters. The van der Waals surface area contributed by atoms with E-state index in [1.807, 2.05) is 6.07 Å². The lowest BCUT2D eigenvalue weighted by molar-refractivity contribution is -0.116. The Labute approximate surface area is 179 Å². The van der Waals surface area contributed by atoms with Crippen molar-refractivity contribution in [3.8, 4) is 0 Å². The van der Waals surface area contributed by atoms with Crippen molar-refractivity contribution in [1.82, 2.24) is 19.1 Å². The summed E-state index contributed by atoms with van der Waals surface area (Å²) in [6.45, 7) is -0.230. The molecule has 0 fully saturated rings. The van der Waals surface area contributed by atoms with Gasteiger partial charge >= 0.3 is 5.69 Å². The molecule has 3 aromatic heterocycles. The SMILES string of the molecule is O=C(Cn1c(=O)n(Cc2cccnc2)c(=O)c2ncccc21)Nc1cccc(Br)c1. The topological polar surface area (TPSA) is 98.9 Å². The number of amides is 1. The summed E-state index contributed by atoms with van der Waals surface area (Å²) in [4.78, 5) is 46.8. The quantitative estimate of drug-likeness (QED) is 0.487. The van der Waals surface area contributed by atoms with Crippen molar-refractivity contribution in [3.63, 3.8) is 0 Å². The minimum Gasteiger partial charge on any atom is -0.324 e. The van der Waals surface area contributed by atoms with E-state index in [1.165, 1.54) is 10.8 Å². The lowest BCUT2D eigenvalue weighted by atomic mass is 10.2. The number of anilines is 1. The van der Waals surface area contributed by atoms with Crippen LogP contribution in [-0.4, -0.2) is 25.0 Å². The zero-order valence-electron chi connectivity index (χ0n) is 15.7. The molecule has 0 saturated heterocycles. The van der Waals surface area contributed by atoms with Gasteiger partial charge in [0.05, 0.1) is 12.1 Å². The zero-order valence-corrected chi connectivity index (χ0v) is 17.2. The van der Waals surface area contributed by atoms with Gasteiger partial charge in [0.1, 0.15) is 6.54 Å². The molecule has 4 rings (SSSR count). The molecular weight excluding hydrogens is 450 g/mol. The molecule has 0 spiro atoms. The predicted molar refractivity (Wildman–Crippen MR) is 116 cm³/mol. The molecule has 1 aromatic carbocycles. The van der Waals surface area contributed by atoms with Crippen molar-refractivity contribution < 1.29 is 4.79 Å². The fourth-order valence-electron chi connectivity index (χ4n) is 3.12. The Morgan fingerprint density at radius 1 is 1.03 bits per heavy atom. The Balaban J connectivity index is 1.76. The van der Waals surface area contributed by atoms with Gasteiger partial charge in [-0.05, 0) is 42.0 Å². The van der Waals surface area contributed by atoms with Gasteiger partial charge in [-0.25, -0.2) is 9.78 Å². The molecule has 1 N–H and O–H groups in total. The summed E-state index contributed by atoms with van der Waals surface area (Å²) in [5.74, 6) is -0.396. The van der Waals surface area contributed by atoms with Crippen LogP contribution in [-0.2, 0) is 17.9 Å². The third-order valence-electron chi connectivity index (χ3n) is 4.46. The number of nitrogens with zero attached hydrogens (tertiary/aromatic N) is 4. The monoisotopic (exact) mass is 465 g/mol. The van der Waals surface area contributed by atoms with Crippen LogP contribution in [0.15, 0.2) is 81.2 Å². The van der Waals surface area contributed by atoms with Crippen LogP contribution in [0.3, 0.4) is 0 Å². The number of nitrogens with one attached hydrogen (secondary N) is 1. The minimum absolute atomic E-state index is 0.0330. The van der Waals surface area contributed by atoms with E-state index < -0.39 is 17.2 Å². The minimum atomic E-state index is -0.589. The maximum Gasteiger partial charge on any atom is 0.332 e. The van der Waals surface area contributed by atoms with E-state index in [0.717, 1.165) is 9.04 Å². The van der Waals surface area contributed by atoms with Gasteiger partial charge in [0.15, 0.2) is 5.52 Å². The lowest BCUT2D eigenvalue weighted by Gasteiger charge is -2.14. The number of halogens is 1. The molecule has 0 saturated carbocycles. The molecule has 0 aliphatic heterocycles. The van der Waals surface area contributed by atoms with E-state index in [1.54, 1.807) is 54.9 Å². The summed E-state index contributed by atoms with van der Waals surface area (Å²) >= 11 is 3.35. The Hall–Kier alpha value is -3.59. The van der Waals surface area contributed by atoms with Gasteiger partial charge in [0.2, 0.25) is 5.91 Å². The summed E-state index contributed by atoms with van der Waals surface area (Å²) < 4.78 is 3.14. The van der Waals surface area contributed by atoms with Crippen LogP contribution in [0.1, 0.15) is 5.56 Å². The number of fused-ring (bicyclic) bond motifs is 1. The van der Waals surface area contributed by atoms with E-state index >= 15 is 0 Å². The van der Waals surface area contributed by atoms with Gasteiger partial charge in [-0.3, -0.25) is 23.7 Å². The number of hydrogen-bond acceptors (Lipinski definition) is 5. The molecule has 8 nitrogen and oxygen atoms in total. The Kier molecular flexibility index (Phi) is 5.53. The zero-order chi connectivity index (χ0) is 21.1. The highest BCUT2D eigenvalue weighted by atomic mass is 79.9. The first-order valence-electron chi connectivity index (χ1n) is 9.05. The summed E-state index contributed by atoms with van der Waals surface area (Å²) in [5, 5.41) is 2.76. The second-order valence-corrected chi connectivity index (χ2v) is 7.47. The standard InChI is InChI=1S/C21H16BrN5O3/c22-15-5-1-6-16(10-15)25-18(28)13-26-17-7-3-9-24-19(17)20(29)27(21(26)30)12-14-4-2-8-23-11-14/h1-11H,12-13H2,(H,25,28). The van der Waals surface area contributed by atoms with Crippen molar-refractivity contribution >= 4 is 38.6 Å². The van der Waals surface area contributed by atoms with Crippen molar-refractivity contribution in [2.75, 3.05) is 5.32 Å². The number of benzene rings is 1. The molecule has 0 unspecified atom stereocenters. The fraction of sp³-hybridized carbons (Fsp3) is 0.0952. The average molecular weight is 466 g/mol. The van der Waals surface area contributed by atoms with Crippen molar-refractivity contribution in [2.24, 2.45) is 0 Å². The van der Waals surface area contributed by atoms with Crippen LogP contribution < -0.4 is 16.6 Å². The number of carbonyl (C=O) groups is 1. The molecule has 4 aromatic rings. The summed E-state index contributed by atoms with van der Waals surface area (Å²) in [7, 11) is 0. The maximum absolute atomic E-state index is 13.1. The molecular formula is C21H16BrN5O3. The second kappa shape index (κ2) is 8.42. The van der Waals surface area contributed by atoms with Crippen LogP contribution in [0.2, 0.25) is 0 Å². The Morgan fingerprint density at radius 3 is 2.63 bits per heavy atom. The predicted octanol–water partition coefficient (Wildman–Crippen LogP) is 2.40. The molecule has 9 heteroatoms. The number of carbonyl (C=O) groups excluding carboxylic acids is 1. The van der Waals surface area contributed by atoms with Crippen LogP contribution in [0.4, 0.5) is 5.69 Å². The number of rotatable bonds is 5. The molecule has 150 valence electrons. The van der Waals surface area contributed by atoms with Gasteiger partial charge in [0.25, 0.3) is 5.56 Å². The van der Waals surface area contributed by atoms with E-state index in [4.69, 9.17) is 0 Å². The van der Waals surface area contributed by atoms with Gasteiger partial charge in [-0.1, -0.05) is 28.1 Å². The van der Waals surface area contributed by atoms with E-state index in [2.05, 4.69) is 31.2 Å². The average Bonchev–Trinajstić information content (AvgIpc) is 2.75. The van der Waals surface area contributed by atoms with Crippen LogP contribution in [0.5, 0.6) is 0 Å². The van der Waals surface area contributed by atoms with Crippen molar-refractivity contribution in [1.29, 1.82) is 0 Å².